The van der Waals surface area contributed by atoms with E-state index < -0.39 is 24.4 Å². The van der Waals surface area contributed by atoms with Crippen LogP contribution in [-0.2, 0) is 0 Å². The summed E-state index contributed by atoms with van der Waals surface area (Å²) in [7, 11) is 0. The lowest BCUT2D eigenvalue weighted by atomic mass is 9.73. The molecule has 0 aromatic carbocycles. The van der Waals surface area contributed by atoms with Crippen molar-refractivity contribution in [3.05, 3.63) is 0 Å². The van der Waals surface area contributed by atoms with E-state index in [-0.39, 0.29) is 18.3 Å². The second kappa shape index (κ2) is 5.56. The van der Waals surface area contributed by atoms with Crippen molar-refractivity contribution in [1.82, 2.24) is 0 Å². The third-order valence-electron chi connectivity index (χ3n) is 5.67. The maximum absolute atomic E-state index is 12.7. The van der Waals surface area contributed by atoms with Crippen molar-refractivity contribution < 1.29 is 31.4 Å². The number of aliphatic hydroxyl groups is 1. The zero-order chi connectivity index (χ0) is 16.9. The Hall–Kier alpha value is -0.460. The summed E-state index contributed by atoms with van der Waals surface area (Å²) in [6.07, 6.45) is -10.3. The Morgan fingerprint density at radius 2 is 1.50 bits per heavy atom. The van der Waals surface area contributed by atoms with Crippen molar-refractivity contribution in [2.24, 2.45) is 29.6 Å². The van der Waals surface area contributed by atoms with Gasteiger partial charge in [0.15, 0.2) is 0 Å². The molecule has 0 aromatic heterocycles. The van der Waals surface area contributed by atoms with Crippen LogP contribution in [-0.4, -0.2) is 23.1 Å². The Labute approximate surface area is 126 Å². The predicted octanol–water partition coefficient (Wildman–Crippen LogP) is 4.94. The van der Waals surface area contributed by atoms with Crippen molar-refractivity contribution >= 4 is 0 Å². The van der Waals surface area contributed by atoms with Crippen LogP contribution in [0.2, 0.25) is 0 Å². The highest BCUT2D eigenvalue weighted by molar-refractivity contribution is 4.99. The molecule has 0 aromatic rings. The van der Waals surface area contributed by atoms with Gasteiger partial charge in [0.2, 0.25) is 0 Å². The highest BCUT2D eigenvalue weighted by atomic mass is 19.4. The Morgan fingerprint density at radius 3 is 1.91 bits per heavy atom. The van der Waals surface area contributed by atoms with Crippen LogP contribution in [0.4, 0.5) is 26.3 Å². The minimum Gasteiger partial charge on any atom is -0.374 e. The fourth-order valence-corrected chi connectivity index (χ4v) is 4.49. The van der Waals surface area contributed by atoms with Gasteiger partial charge < -0.3 is 5.11 Å². The van der Waals surface area contributed by atoms with Crippen LogP contribution in [0.3, 0.4) is 0 Å². The van der Waals surface area contributed by atoms with Gasteiger partial charge in [-0.2, -0.15) is 26.3 Å². The van der Waals surface area contributed by atoms with E-state index in [2.05, 4.69) is 0 Å². The number of rotatable bonds is 4. The zero-order valence-corrected chi connectivity index (χ0v) is 12.6. The Bertz CT molecular complexity index is 386. The Morgan fingerprint density at radius 1 is 0.955 bits per heavy atom. The standard InChI is InChI=1S/C15H22F6O/c1-8(2)11-6-9-5-10(12(11)7-9)3-4-13(22,14(16,17)18)15(19,20)21/h8-12,22H,3-7H2,1-2H3. The molecule has 0 aliphatic heterocycles. The van der Waals surface area contributed by atoms with E-state index in [1.54, 1.807) is 0 Å². The molecule has 130 valence electrons. The first-order valence-corrected chi connectivity index (χ1v) is 7.72. The lowest BCUT2D eigenvalue weighted by Gasteiger charge is -2.36. The second-order valence-corrected chi connectivity index (χ2v) is 7.30. The summed E-state index contributed by atoms with van der Waals surface area (Å²) >= 11 is 0. The van der Waals surface area contributed by atoms with Gasteiger partial charge in [0.1, 0.15) is 0 Å². The van der Waals surface area contributed by atoms with Crippen molar-refractivity contribution in [1.29, 1.82) is 0 Å². The molecule has 2 rings (SSSR count). The van der Waals surface area contributed by atoms with E-state index in [9.17, 15) is 31.4 Å². The topological polar surface area (TPSA) is 20.2 Å². The monoisotopic (exact) mass is 332 g/mol. The molecule has 22 heavy (non-hydrogen) atoms. The molecule has 2 saturated carbocycles. The van der Waals surface area contributed by atoms with Gasteiger partial charge in [-0.25, -0.2) is 0 Å². The first kappa shape index (κ1) is 17.9. The van der Waals surface area contributed by atoms with E-state index in [0.29, 0.717) is 24.2 Å². The molecule has 2 fully saturated rings. The number of hydrogen-bond donors (Lipinski definition) is 1. The molecule has 0 heterocycles. The predicted molar refractivity (Wildman–Crippen MR) is 68.9 cm³/mol. The quantitative estimate of drug-likeness (QED) is 0.723. The minimum atomic E-state index is -5.69. The molecule has 2 bridgehead atoms. The van der Waals surface area contributed by atoms with Gasteiger partial charge in [-0.1, -0.05) is 13.8 Å². The maximum atomic E-state index is 12.7. The summed E-state index contributed by atoms with van der Waals surface area (Å²) in [5.41, 5.74) is -4.59. The van der Waals surface area contributed by atoms with Gasteiger partial charge in [-0.3, -0.25) is 0 Å². The zero-order valence-electron chi connectivity index (χ0n) is 12.6. The fraction of sp³-hybridized carbons (Fsp3) is 1.00. The number of hydrogen-bond acceptors (Lipinski definition) is 1. The molecule has 4 unspecified atom stereocenters. The molecule has 4 atom stereocenters. The van der Waals surface area contributed by atoms with Crippen molar-refractivity contribution in [2.45, 2.75) is 63.9 Å². The average molecular weight is 332 g/mol. The highest BCUT2D eigenvalue weighted by Gasteiger charge is 2.70. The van der Waals surface area contributed by atoms with Crippen LogP contribution in [0.15, 0.2) is 0 Å². The lowest BCUT2D eigenvalue weighted by molar-refractivity contribution is -0.370. The normalized spacial score (nSPS) is 33.0. The second-order valence-electron chi connectivity index (χ2n) is 7.30. The summed E-state index contributed by atoms with van der Waals surface area (Å²) in [5, 5.41) is 9.24. The Balaban J connectivity index is 2.06. The smallest absolute Gasteiger partial charge is 0.374 e. The molecule has 1 N–H and O–H groups in total. The van der Waals surface area contributed by atoms with Crippen LogP contribution >= 0.6 is 0 Å². The summed E-state index contributed by atoms with van der Waals surface area (Å²) in [6, 6.07) is 0. The first-order chi connectivity index (χ1) is 9.87. The van der Waals surface area contributed by atoms with Gasteiger partial charge in [-0.15, -0.1) is 0 Å². The number of halogens is 6. The molecule has 0 saturated heterocycles. The van der Waals surface area contributed by atoms with Crippen LogP contribution in [0, 0.1) is 29.6 Å². The van der Waals surface area contributed by atoms with E-state index in [0.717, 1.165) is 12.8 Å². The highest BCUT2D eigenvalue weighted by Crippen LogP contribution is 2.56. The van der Waals surface area contributed by atoms with Gasteiger partial charge in [0, 0.05) is 0 Å². The van der Waals surface area contributed by atoms with Crippen molar-refractivity contribution in [2.75, 3.05) is 0 Å². The molecule has 0 spiro atoms. The summed E-state index contributed by atoms with van der Waals surface area (Å²) in [5.74, 6) is 1.26. The van der Waals surface area contributed by atoms with Gasteiger partial charge >= 0.3 is 12.4 Å². The average Bonchev–Trinajstić information content (AvgIpc) is 2.92. The van der Waals surface area contributed by atoms with Gasteiger partial charge in [0.05, 0.1) is 0 Å². The lowest BCUT2D eigenvalue weighted by Crippen LogP contribution is -2.57. The van der Waals surface area contributed by atoms with Crippen LogP contribution in [0.25, 0.3) is 0 Å². The summed E-state index contributed by atoms with van der Waals surface area (Å²) in [4.78, 5) is 0. The van der Waals surface area contributed by atoms with Crippen molar-refractivity contribution in [3.63, 3.8) is 0 Å². The molecule has 0 amide bonds. The van der Waals surface area contributed by atoms with E-state index in [4.69, 9.17) is 0 Å². The van der Waals surface area contributed by atoms with E-state index >= 15 is 0 Å². The van der Waals surface area contributed by atoms with Gasteiger partial charge in [-0.05, 0) is 61.7 Å². The Kier molecular flexibility index (Phi) is 4.52. The van der Waals surface area contributed by atoms with Crippen LogP contribution in [0.1, 0.15) is 46.0 Å². The molecule has 2 aliphatic carbocycles. The van der Waals surface area contributed by atoms with Crippen LogP contribution < -0.4 is 0 Å². The van der Waals surface area contributed by atoms with Crippen LogP contribution in [0.5, 0.6) is 0 Å². The maximum Gasteiger partial charge on any atom is 0.426 e. The molecule has 0 radical (unpaired) electrons. The van der Waals surface area contributed by atoms with E-state index in [1.165, 1.54) is 0 Å². The minimum absolute atomic E-state index is 0.137. The van der Waals surface area contributed by atoms with Gasteiger partial charge in [0.25, 0.3) is 5.60 Å². The SMILES string of the molecule is CC(C)C1CC2CC(CCC(O)(C(F)(F)F)C(F)(F)F)C1C2. The largest absolute Gasteiger partial charge is 0.426 e. The van der Waals surface area contributed by atoms with Crippen molar-refractivity contribution in [3.8, 4) is 0 Å². The fourth-order valence-electron chi connectivity index (χ4n) is 4.49. The molecular weight excluding hydrogens is 310 g/mol. The summed E-state index contributed by atoms with van der Waals surface area (Å²) in [6.45, 7) is 4.09. The third kappa shape index (κ3) is 2.97. The molecule has 7 heteroatoms. The molecular formula is C15H22F6O. The molecule has 1 nitrogen and oxygen atoms in total. The van der Waals surface area contributed by atoms with E-state index in [1.807, 2.05) is 13.8 Å². The third-order valence-corrected chi connectivity index (χ3v) is 5.67. The summed E-state index contributed by atoms with van der Waals surface area (Å²) < 4.78 is 76.2. The number of alkyl halides is 6. The molecule has 2 aliphatic rings. The number of fused-ring (bicyclic) bond motifs is 2. The first-order valence-electron chi connectivity index (χ1n) is 7.72.